The van der Waals surface area contributed by atoms with Crippen LogP contribution in [0, 0.1) is 6.92 Å². The Morgan fingerprint density at radius 3 is 2.64 bits per heavy atom. The SMILES string of the molecule is COCCOC(=O)C1=C(C)NC(=O)N[C@H]1c1ccccc1C. The maximum Gasteiger partial charge on any atom is 0.338 e. The van der Waals surface area contributed by atoms with E-state index in [4.69, 9.17) is 9.47 Å². The number of carbonyl (C=O) groups is 2. The predicted octanol–water partition coefficient (Wildman–Crippen LogP) is 1.81. The molecule has 0 saturated heterocycles. The lowest BCUT2D eigenvalue weighted by Gasteiger charge is -2.29. The van der Waals surface area contributed by atoms with Crippen molar-refractivity contribution in [2.45, 2.75) is 19.9 Å². The van der Waals surface area contributed by atoms with Gasteiger partial charge in [0.2, 0.25) is 0 Å². The van der Waals surface area contributed by atoms with Crippen LogP contribution >= 0.6 is 0 Å². The molecule has 1 aliphatic heterocycles. The molecule has 22 heavy (non-hydrogen) atoms. The lowest BCUT2D eigenvalue weighted by molar-refractivity contribution is -0.140. The highest BCUT2D eigenvalue weighted by atomic mass is 16.6. The number of hydrogen-bond acceptors (Lipinski definition) is 4. The summed E-state index contributed by atoms with van der Waals surface area (Å²) in [6.07, 6.45) is 0. The molecule has 1 heterocycles. The Kier molecular flexibility index (Phi) is 5.16. The molecule has 0 bridgehead atoms. The number of nitrogens with one attached hydrogen (secondary N) is 2. The zero-order valence-electron chi connectivity index (χ0n) is 12.9. The van der Waals surface area contributed by atoms with Crippen LogP contribution < -0.4 is 10.6 Å². The molecule has 118 valence electrons. The first-order chi connectivity index (χ1) is 10.5. The van der Waals surface area contributed by atoms with Gasteiger partial charge in [-0.2, -0.15) is 0 Å². The van der Waals surface area contributed by atoms with E-state index in [0.717, 1.165) is 11.1 Å². The molecular weight excluding hydrogens is 284 g/mol. The Bertz CT molecular complexity index is 610. The van der Waals surface area contributed by atoms with E-state index >= 15 is 0 Å². The molecule has 2 rings (SSSR count). The largest absolute Gasteiger partial charge is 0.460 e. The summed E-state index contributed by atoms with van der Waals surface area (Å²) < 4.78 is 10.1. The molecule has 1 aromatic rings. The molecule has 6 heteroatoms. The third kappa shape index (κ3) is 3.46. The second-order valence-electron chi connectivity index (χ2n) is 5.06. The zero-order valence-corrected chi connectivity index (χ0v) is 12.9. The van der Waals surface area contributed by atoms with Gasteiger partial charge in [0.25, 0.3) is 0 Å². The molecule has 0 aliphatic carbocycles. The number of benzene rings is 1. The van der Waals surface area contributed by atoms with Crippen LogP contribution in [0.2, 0.25) is 0 Å². The van der Waals surface area contributed by atoms with E-state index in [2.05, 4.69) is 10.6 Å². The van der Waals surface area contributed by atoms with Gasteiger partial charge in [0, 0.05) is 12.8 Å². The number of methoxy groups -OCH3 is 1. The number of esters is 1. The number of rotatable bonds is 5. The molecule has 0 spiro atoms. The quantitative estimate of drug-likeness (QED) is 0.642. The highest BCUT2D eigenvalue weighted by molar-refractivity contribution is 5.95. The van der Waals surface area contributed by atoms with E-state index in [1.807, 2.05) is 31.2 Å². The third-order valence-electron chi connectivity index (χ3n) is 3.51. The molecular formula is C16H20N2O4. The summed E-state index contributed by atoms with van der Waals surface area (Å²) in [7, 11) is 1.54. The Hall–Kier alpha value is -2.34. The second-order valence-corrected chi connectivity index (χ2v) is 5.06. The fourth-order valence-corrected chi connectivity index (χ4v) is 2.40. The monoisotopic (exact) mass is 304 g/mol. The average Bonchev–Trinajstić information content (AvgIpc) is 2.47. The van der Waals surface area contributed by atoms with Gasteiger partial charge >= 0.3 is 12.0 Å². The highest BCUT2D eigenvalue weighted by Gasteiger charge is 2.32. The maximum atomic E-state index is 12.4. The van der Waals surface area contributed by atoms with Crippen molar-refractivity contribution < 1.29 is 19.1 Å². The van der Waals surface area contributed by atoms with Gasteiger partial charge in [0.1, 0.15) is 6.61 Å². The van der Waals surface area contributed by atoms with Crippen molar-refractivity contribution in [3.8, 4) is 0 Å². The van der Waals surface area contributed by atoms with Gasteiger partial charge in [-0.05, 0) is 25.0 Å². The van der Waals surface area contributed by atoms with E-state index in [1.165, 1.54) is 7.11 Å². The number of aryl methyl sites for hydroxylation is 1. The summed E-state index contributed by atoms with van der Waals surface area (Å²) in [5.41, 5.74) is 2.77. The van der Waals surface area contributed by atoms with Crippen LogP contribution in [0.25, 0.3) is 0 Å². The minimum atomic E-state index is -0.523. The summed E-state index contributed by atoms with van der Waals surface area (Å²) >= 11 is 0. The second kappa shape index (κ2) is 7.09. The normalized spacial score (nSPS) is 17.8. The van der Waals surface area contributed by atoms with Gasteiger partial charge in [0.05, 0.1) is 18.2 Å². The molecule has 0 radical (unpaired) electrons. The minimum absolute atomic E-state index is 0.167. The van der Waals surface area contributed by atoms with E-state index < -0.39 is 12.0 Å². The summed E-state index contributed by atoms with van der Waals surface area (Å²) in [6, 6.07) is 6.76. The van der Waals surface area contributed by atoms with Crippen LogP contribution in [0.3, 0.4) is 0 Å². The van der Waals surface area contributed by atoms with Crippen molar-refractivity contribution in [2.75, 3.05) is 20.3 Å². The van der Waals surface area contributed by atoms with Gasteiger partial charge in [-0.25, -0.2) is 9.59 Å². The zero-order chi connectivity index (χ0) is 16.1. The molecule has 0 saturated carbocycles. The number of allylic oxidation sites excluding steroid dienone is 1. The Morgan fingerprint density at radius 2 is 1.95 bits per heavy atom. The van der Waals surface area contributed by atoms with Crippen molar-refractivity contribution in [1.82, 2.24) is 10.6 Å². The molecule has 0 aromatic heterocycles. The van der Waals surface area contributed by atoms with Crippen LogP contribution in [0.5, 0.6) is 0 Å². The molecule has 1 atom stereocenters. The first-order valence-electron chi connectivity index (χ1n) is 7.04. The van der Waals surface area contributed by atoms with Gasteiger partial charge in [-0.15, -0.1) is 0 Å². The van der Waals surface area contributed by atoms with E-state index in [0.29, 0.717) is 17.9 Å². The predicted molar refractivity (Wildman–Crippen MR) is 81.1 cm³/mol. The number of ether oxygens (including phenoxy) is 2. The number of amides is 2. The smallest absolute Gasteiger partial charge is 0.338 e. The van der Waals surface area contributed by atoms with Crippen LogP contribution in [0.1, 0.15) is 24.1 Å². The summed E-state index contributed by atoms with van der Waals surface area (Å²) in [4.78, 5) is 24.1. The van der Waals surface area contributed by atoms with E-state index in [1.54, 1.807) is 6.92 Å². The topological polar surface area (TPSA) is 76.7 Å². The molecule has 0 unspecified atom stereocenters. The van der Waals surface area contributed by atoms with Crippen LogP contribution in [-0.4, -0.2) is 32.3 Å². The Morgan fingerprint density at radius 1 is 1.23 bits per heavy atom. The first kappa shape index (κ1) is 16.0. The van der Waals surface area contributed by atoms with E-state index in [9.17, 15) is 9.59 Å². The molecule has 1 aromatic carbocycles. The molecule has 0 fully saturated rings. The summed E-state index contributed by atoms with van der Waals surface area (Å²) in [5.74, 6) is -0.463. The average molecular weight is 304 g/mol. The van der Waals surface area contributed by atoms with Crippen LogP contribution in [-0.2, 0) is 14.3 Å². The molecule has 1 aliphatic rings. The minimum Gasteiger partial charge on any atom is -0.460 e. The van der Waals surface area contributed by atoms with Gasteiger partial charge in [0.15, 0.2) is 0 Å². The van der Waals surface area contributed by atoms with Gasteiger partial charge in [-0.3, -0.25) is 0 Å². The lowest BCUT2D eigenvalue weighted by Crippen LogP contribution is -2.45. The molecule has 6 nitrogen and oxygen atoms in total. The van der Waals surface area contributed by atoms with Crippen molar-refractivity contribution in [3.63, 3.8) is 0 Å². The van der Waals surface area contributed by atoms with Crippen LogP contribution in [0.4, 0.5) is 4.79 Å². The van der Waals surface area contributed by atoms with Crippen molar-refractivity contribution in [3.05, 3.63) is 46.7 Å². The fraction of sp³-hybridized carbons (Fsp3) is 0.375. The highest BCUT2D eigenvalue weighted by Crippen LogP contribution is 2.29. The van der Waals surface area contributed by atoms with Crippen molar-refractivity contribution in [1.29, 1.82) is 0 Å². The lowest BCUT2D eigenvalue weighted by atomic mass is 9.92. The third-order valence-corrected chi connectivity index (χ3v) is 3.51. The van der Waals surface area contributed by atoms with Gasteiger partial charge < -0.3 is 20.1 Å². The van der Waals surface area contributed by atoms with Crippen molar-refractivity contribution >= 4 is 12.0 Å². The van der Waals surface area contributed by atoms with Crippen LogP contribution in [0.15, 0.2) is 35.5 Å². The summed E-state index contributed by atoms with van der Waals surface area (Å²) in [5, 5.41) is 5.40. The number of hydrogen-bond donors (Lipinski definition) is 2. The Balaban J connectivity index is 2.33. The van der Waals surface area contributed by atoms with Gasteiger partial charge in [-0.1, -0.05) is 24.3 Å². The number of carbonyl (C=O) groups excluding carboxylic acids is 2. The van der Waals surface area contributed by atoms with Crippen molar-refractivity contribution in [2.24, 2.45) is 0 Å². The Labute approximate surface area is 129 Å². The van der Waals surface area contributed by atoms with E-state index in [-0.39, 0.29) is 12.6 Å². The first-order valence-corrected chi connectivity index (χ1v) is 7.04. The fourth-order valence-electron chi connectivity index (χ4n) is 2.40. The maximum absolute atomic E-state index is 12.4. The standard InChI is InChI=1S/C16H20N2O4/c1-10-6-4-5-7-12(10)14-13(11(2)17-16(20)18-14)15(19)22-9-8-21-3/h4-7,14H,8-9H2,1-3H3,(H2,17,18,20)/t14-/m0/s1. The summed E-state index contributed by atoms with van der Waals surface area (Å²) in [6.45, 7) is 4.12. The number of urea groups is 1. The molecule has 2 N–H and O–H groups in total. The molecule has 2 amide bonds.